The van der Waals surface area contributed by atoms with Gasteiger partial charge in [-0.15, -0.1) is 0 Å². The lowest BCUT2D eigenvalue weighted by atomic mass is 10.0. The van der Waals surface area contributed by atoms with Crippen molar-refractivity contribution >= 4 is 0 Å². The zero-order valence-electron chi connectivity index (χ0n) is 8.62. The number of hydrogen-bond acceptors (Lipinski definition) is 2. The van der Waals surface area contributed by atoms with Crippen molar-refractivity contribution in [2.75, 3.05) is 13.7 Å². The average Bonchev–Trinajstić information content (AvgIpc) is 3.01. The van der Waals surface area contributed by atoms with Gasteiger partial charge in [0.05, 0.1) is 7.11 Å². The summed E-state index contributed by atoms with van der Waals surface area (Å²) in [7, 11) is 1.74. The van der Waals surface area contributed by atoms with Crippen molar-refractivity contribution in [1.29, 1.82) is 0 Å². The summed E-state index contributed by atoms with van der Waals surface area (Å²) in [5, 5.41) is 0. The SMILES string of the molecule is COc1ccc(CCN)cc1C1CC1. The molecule has 0 spiro atoms. The highest BCUT2D eigenvalue weighted by Gasteiger charge is 2.26. The fraction of sp³-hybridized carbons (Fsp3) is 0.500. The molecule has 0 unspecified atom stereocenters. The van der Waals surface area contributed by atoms with Crippen LogP contribution in [-0.2, 0) is 6.42 Å². The van der Waals surface area contributed by atoms with Gasteiger partial charge in [0.2, 0.25) is 0 Å². The number of hydrogen-bond donors (Lipinski definition) is 1. The van der Waals surface area contributed by atoms with E-state index in [9.17, 15) is 0 Å². The van der Waals surface area contributed by atoms with Crippen LogP contribution in [0, 0.1) is 0 Å². The Labute approximate surface area is 85.1 Å². The summed E-state index contributed by atoms with van der Waals surface area (Å²) < 4.78 is 5.35. The molecule has 14 heavy (non-hydrogen) atoms. The Bertz CT molecular complexity index is 318. The Morgan fingerprint density at radius 2 is 2.21 bits per heavy atom. The van der Waals surface area contributed by atoms with E-state index >= 15 is 0 Å². The van der Waals surface area contributed by atoms with Crippen LogP contribution in [-0.4, -0.2) is 13.7 Å². The smallest absolute Gasteiger partial charge is 0.122 e. The van der Waals surface area contributed by atoms with Crippen molar-refractivity contribution in [3.63, 3.8) is 0 Å². The Morgan fingerprint density at radius 3 is 2.79 bits per heavy atom. The number of methoxy groups -OCH3 is 1. The van der Waals surface area contributed by atoms with E-state index in [1.54, 1.807) is 7.11 Å². The van der Waals surface area contributed by atoms with Gasteiger partial charge >= 0.3 is 0 Å². The molecule has 2 rings (SSSR count). The van der Waals surface area contributed by atoms with Crippen molar-refractivity contribution in [3.8, 4) is 5.75 Å². The molecule has 0 atom stereocenters. The van der Waals surface area contributed by atoms with Gasteiger partial charge in [-0.3, -0.25) is 0 Å². The highest BCUT2D eigenvalue weighted by Crippen LogP contribution is 2.44. The molecule has 1 aromatic carbocycles. The molecule has 0 heterocycles. The highest BCUT2D eigenvalue weighted by atomic mass is 16.5. The minimum absolute atomic E-state index is 0.719. The lowest BCUT2D eigenvalue weighted by Gasteiger charge is -2.09. The number of benzene rings is 1. The number of ether oxygens (including phenoxy) is 1. The summed E-state index contributed by atoms with van der Waals surface area (Å²) in [6.45, 7) is 0.719. The third-order valence-electron chi connectivity index (χ3n) is 2.74. The average molecular weight is 191 g/mol. The van der Waals surface area contributed by atoms with E-state index in [0.29, 0.717) is 0 Å². The van der Waals surface area contributed by atoms with Gasteiger partial charge in [-0.05, 0) is 48.9 Å². The maximum absolute atomic E-state index is 5.54. The second kappa shape index (κ2) is 4.01. The third kappa shape index (κ3) is 1.90. The van der Waals surface area contributed by atoms with Gasteiger partial charge < -0.3 is 10.5 Å². The maximum Gasteiger partial charge on any atom is 0.122 e. The number of nitrogens with two attached hydrogens (primary N) is 1. The minimum atomic E-state index is 0.719. The molecule has 0 amide bonds. The summed E-state index contributed by atoms with van der Waals surface area (Å²) >= 11 is 0. The van der Waals surface area contributed by atoms with E-state index in [1.165, 1.54) is 24.0 Å². The predicted molar refractivity (Wildman–Crippen MR) is 57.7 cm³/mol. The Kier molecular flexibility index (Phi) is 2.73. The molecule has 0 aliphatic heterocycles. The van der Waals surface area contributed by atoms with Gasteiger partial charge in [-0.25, -0.2) is 0 Å². The molecule has 0 saturated heterocycles. The van der Waals surface area contributed by atoms with E-state index in [-0.39, 0.29) is 0 Å². The van der Waals surface area contributed by atoms with E-state index in [4.69, 9.17) is 10.5 Å². The van der Waals surface area contributed by atoms with Crippen molar-refractivity contribution < 1.29 is 4.74 Å². The second-order valence-electron chi connectivity index (χ2n) is 3.89. The molecule has 1 fully saturated rings. The Hall–Kier alpha value is -1.02. The monoisotopic (exact) mass is 191 g/mol. The zero-order chi connectivity index (χ0) is 9.97. The van der Waals surface area contributed by atoms with Gasteiger partial charge in [0.15, 0.2) is 0 Å². The van der Waals surface area contributed by atoms with Crippen LogP contribution >= 0.6 is 0 Å². The van der Waals surface area contributed by atoms with E-state index in [0.717, 1.165) is 24.6 Å². The summed E-state index contributed by atoms with van der Waals surface area (Å²) in [6.07, 6.45) is 3.58. The van der Waals surface area contributed by atoms with Gasteiger partial charge in [-0.1, -0.05) is 12.1 Å². The molecular formula is C12H17NO. The first-order chi connectivity index (χ1) is 6.85. The molecule has 1 aliphatic carbocycles. The minimum Gasteiger partial charge on any atom is -0.496 e. The predicted octanol–water partition coefficient (Wildman–Crippen LogP) is 2.07. The lowest BCUT2D eigenvalue weighted by Crippen LogP contribution is -2.03. The van der Waals surface area contributed by atoms with Crippen LogP contribution in [0.3, 0.4) is 0 Å². The fourth-order valence-corrected chi connectivity index (χ4v) is 1.82. The van der Waals surface area contributed by atoms with Crippen LogP contribution in [0.4, 0.5) is 0 Å². The highest BCUT2D eigenvalue weighted by molar-refractivity contribution is 5.41. The van der Waals surface area contributed by atoms with Gasteiger partial charge in [-0.2, -0.15) is 0 Å². The van der Waals surface area contributed by atoms with Crippen molar-refractivity contribution in [3.05, 3.63) is 29.3 Å². The molecule has 0 aromatic heterocycles. The van der Waals surface area contributed by atoms with Crippen molar-refractivity contribution in [2.24, 2.45) is 5.73 Å². The van der Waals surface area contributed by atoms with Crippen molar-refractivity contribution in [1.82, 2.24) is 0 Å². The van der Waals surface area contributed by atoms with Crippen LogP contribution in [0.25, 0.3) is 0 Å². The van der Waals surface area contributed by atoms with E-state index in [2.05, 4.69) is 18.2 Å². The van der Waals surface area contributed by atoms with Crippen LogP contribution in [0.15, 0.2) is 18.2 Å². The van der Waals surface area contributed by atoms with Gasteiger partial charge in [0.1, 0.15) is 5.75 Å². The first-order valence-corrected chi connectivity index (χ1v) is 5.22. The van der Waals surface area contributed by atoms with Crippen LogP contribution in [0.5, 0.6) is 5.75 Å². The summed E-state index contributed by atoms with van der Waals surface area (Å²) in [6, 6.07) is 6.43. The zero-order valence-corrected chi connectivity index (χ0v) is 8.62. The molecule has 1 saturated carbocycles. The normalized spacial score (nSPS) is 15.6. The standard InChI is InChI=1S/C12H17NO/c1-14-12-5-2-9(6-7-13)8-11(12)10-3-4-10/h2,5,8,10H,3-4,6-7,13H2,1H3. The molecule has 0 radical (unpaired) electrons. The molecule has 1 aromatic rings. The summed E-state index contributed by atoms with van der Waals surface area (Å²) in [4.78, 5) is 0. The third-order valence-corrected chi connectivity index (χ3v) is 2.74. The van der Waals surface area contributed by atoms with Gasteiger partial charge in [0, 0.05) is 0 Å². The molecule has 1 aliphatic rings. The second-order valence-corrected chi connectivity index (χ2v) is 3.89. The molecule has 2 N–H and O–H groups in total. The van der Waals surface area contributed by atoms with E-state index < -0.39 is 0 Å². The fourth-order valence-electron chi connectivity index (χ4n) is 1.82. The van der Waals surface area contributed by atoms with Crippen LogP contribution in [0.2, 0.25) is 0 Å². The molecule has 76 valence electrons. The summed E-state index contributed by atoms with van der Waals surface area (Å²) in [5.41, 5.74) is 8.24. The molecular weight excluding hydrogens is 174 g/mol. The lowest BCUT2D eigenvalue weighted by molar-refractivity contribution is 0.409. The molecule has 2 nitrogen and oxygen atoms in total. The topological polar surface area (TPSA) is 35.2 Å². The number of rotatable bonds is 4. The maximum atomic E-state index is 5.54. The Balaban J connectivity index is 2.27. The van der Waals surface area contributed by atoms with Crippen molar-refractivity contribution in [2.45, 2.75) is 25.2 Å². The van der Waals surface area contributed by atoms with Crippen LogP contribution in [0.1, 0.15) is 29.9 Å². The Morgan fingerprint density at radius 1 is 1.43 bits per heavy atom. The summed E-state index contributed by atoms with van der Waals surface area (Å²) in [5.74, 6) is 1.77. The van der Waals surface area contributed by atoms with Crippen LogP contribution < -0.4 is 10.5 Å². The molecule has 0 bridgehead atoms. The quantitative estimate of drug-likeness (QED) is 0.790. The van der Waals surface area contributed by atoms with E-state index in [1.807, 2.05) is 0 Å². The first kappa shape index (κ1) is 9.53. The van der Waals surface area contributed by atoms with Gasteiger partial charge in [0.25, 0.3) is 0 Å². The first-order valence-electron chi connectivity index (χ1n) is 5.22. The largest absolute Gasteiger partial charge is 0.496 e. The molecule has 2 heteroatoms.